The summed E-state index contributed by atoms with van der Waals surface area (Å²) in [7, 11) is 0. The van der Waals surface area contributed by atoms with Gasteiger partial charge in [0.1, 0.15) is 0 Å². The summed E-state index contributed by atoms with van der Waals surface area (Å²) >= 11 is 5.77. The van der Waals surface area contributed by atoms with Gasteiger partial charge >= 0.3 is 5.91 Å². The van der Waals surface area contributed by atoms with Crippen molar-refractivity contribution in [1.82, 2.24) is 0 Å². The average Bonchev–Trinajstić information content (AvgIpc) is 3.02. The first-order chi connectivity index (χ1) is 9.16. The van der Waals surface area contributed by atoms with E-state index in [1.807, 2.05) is 0 Å². The first kappa shape index (κ1) is 11.7. The lowest BCUT2D eigenvalue weighted by Crippen LogP contribution is -2.27. The summed E-state index contributed by atoms with van der Waals surface area (Å²) in [5.41, 5.74) is 0.481. The molecule has 1 aromatic carbocycles. The van der Waals surface area contributed by atoms with E-state index in [9.17, 15) is 9.59 Å². The van der Waals surface area contributed by atoms with Gasteiger partial charge in [-0.2, -0.15) is 10.1 Å². The van der Waals surface area contributed by atoms with Crippen LogP contribution in [0.1, 0.15) is 5.76 Å². The second-order valence-electron chi connectivity index (χ2n) is 3.85. The number of anilines is 1. The summed E-state index contributed by atoms with van der Waals surface area (Å²) in [4.78, 5) is 23.7. The number of ketones is 1. The van der Waals surface area contributed by atoms with Gasteiger partial charge in [0.05, 0.1) is 12.0 Å². The van der Waals surface area contributed by atoms with Crippen molar-refractivity contribution in [2.75, 3.05) is 5.01 Å². The minimum absolute atomic E-state index is 0.00458. The van der Waals surface area contributed by atoms with Crippen LogP contribution in [-0.4, -0.2) is 17.4 Å². The number of benzene rings is 1. The Labute approximate surface area is 113 Å². The molecule has 6 heteroatoms. The molecule has 0 saturated heterocycles. The van der Waals surface area contributed by atoms with Crippen LogP contribution in [-0.2, 0) is 9.59 Å². The fourth-order valence-electron chi connectivity index (χ4n) is 1.72. The van der Waals surface area contributed by atoms with Gasteiger partial charge in [-0.15, -0.1) is 0 Å². The van der Waals surface area contributed by atoms with E-state index in [0.717, 1.165) is 5.01 Å². The van der Waals surface area contributed by atoms with Gasteiger partial charge in [0.2, 0.25) is 0 Å². The molecule has 1 aliphatic heterocycles. The molecule has 1 aliphatic rings. The molecule has 0 fully saturated rings. The number of hydrogen-bond donors (Lipinski definition) is 0. The van der Waals surface area contributed by atoms with E-state index in [4.69, 9.17) is 16.0 Å². The second kappa shape index (κ2) is 4.37. The number of rotatable bonds is 2. The van der Waals surface area contributed by atoms with Crippen molar-refractivity contribution in [1.29, 1.82) is 0 Å². The summed E-state index contributed by atoms with van der Waals surface area (Å²) in [5, 5.41) is 5.58. The Bertz CT molecular complexity index is 674. The molecular weight excluding hydrogens is 268 g/mol. The number of nitrogens with zero attached hydrogens (tertiary/aromatic N) is 2. The maximum absolute atomic E-state index is 11.9. The van der Waals surface area contributed by atoms with E-state index in [1.165, 1.54) is 6.26 Å². The van der Waals surface area contributed by atoms with Crippen LogP contribution < -0.4 is 5.01 Å². The third-order valence-electron chi connectivity index (χ3n) is 2.63. The Morgan fingerprint density at radius 1 is 1.11 bits per heavy atom. The molecule has 2 aromatic rings. The molecule has 0 saturated carbocycles. The van der Waals surface area contributed by atoms with Gasteiger partial charge in [-0.25, -0.2) is 0 Å². The van der Waals surface area contributed by atoms with Crippen molar-refractivity contribution < 1.29 is 14.0 Å². The van der Waals surface area contributed by atoms with Gasteiger partial charge in [0.15, 0.2) is 11.5 Å². The Balaban J connectivity index is 2.01. The molecule has 0 unspecified atom stereocenters. The molecule has 3 rings (SSSR count). The quantitative estimate of drug-likeness (QED) is 0.789. The second-order valence-corrected chi connectivity index (χ2v) is 4.28. The zero-order valence-electron chi connectivity index (χ0n) is 9.54. The molecule has 0 bridgehead atoms. The minimum Gasteiger partial charge on any atom is -0.462 e. The highest BCUT2D eigenvalue weighted by Gasteiger charge is 2.36. The number of Topliss-reactive ketones (excluding diaryl/α,β-unsaturated/α-hetero) is 1. The van der Waals surface area contributed by atoms with Crippen molar-refractivity contribution in [2.24, 2.45) is 5.10 Å². The zero-order valence-corrected chi connectivity index (χ0v) is 10.3. The maximum atomic E-state index is 11.9. The molecule has 0 atom stereocenters. The highest BCUT2D eigenvalue weighted by atomic mass is 35.5. The van der Waals surface area contributed by atoms with E-state index in [1.54, 1.807) is 36.4 Å². The standard InChI is InChI=1S/C13H7ClN2O3/c14-8-3-5-9(6-4-8)16-13(18)12(17)11(15-16)10-2-1-7-19-10/h1-7H. The van der Waals surface area contributed by atoms with Crippen LogP contribution in [0.3, 0.4) is 0 Å². The number of furan rings is 1. The highest BCUT2D eigenvalue weighted by Crippen LogP contribution is 2.23. The predicted molar refractivity (Wildman–Crippen MR) is 69.2 cm³/mol. The van der Waals surface area contributed by atoms with Crippen molar-refractivity contribution in [3.63, 3.8) is 0 Å². The number of carbonyl (C=O) groups is 2. The van der Waals surface area contributed by atoms with Gasteiger partial charge in [0.25, 0.3) is 5.78 Å². The fraction of sp³-hybridized carbons (Fsp3) is 0. The summed E-state index contributed by atoms with van der Waals surface area (Å²) in [5.74, 6) is -1.13. The van der Waals surface area contributed by atoms with Crippen LogP contribution in [0.15, 0.2) is 52.2 Å². The lowest BCUT2D eigenvalue weighted by molar-refractivity contribution is -0.131. The average molecular weight is 275 g/mol. The molecule has 0 radical (unpaired) electrons. The van der Waals surface area contributed by atoms with Gasteiger partial charge in [-0.05, 0) is 36.4 Å². The van der Waals surface area contributed by atoms with Crippen molar-refractivity contribution >= 4 is 34.7 Å². The summed E-state index contributed by atoms with van der Waals surface area (Å²) in [6.45, 7) is 0. The van der Waals surface area contributed by atoms with Gasteiger partial charge in [-0.3, -0.25) is 9.59 Å². The van der Waals surface area contributed by atoms with Crippen molar-refractivity contribution in [3.05, 3.63) is 53.4 Å². The normalized spacial score (nSPS) is 15.0. The van der Waals surface area contributed by atoms with E-state index in [2.05, 4.69) is 5.10 Å². The van der Waals surface area contributed by atoms with Crippen LogP contribution in [0.2, 0.25) is 5.02 Å². The van der Waals surface area contributed by atoms with Crippen molar-refractivity contribution in [2.45, 2.75) is 0 Å². The Morgan fingerprint density at radius 3 is 2.47 bits per heavy atom. The van der Waals surface area contributed by atoms with Crippen LogP contribution in [0.25, 0.3) is 0 Å². The van der Waals surface area contributed by atoms with Crippen LogP contribution >= 0.6 is 11.6 Å². The fourth-order valence-corrected chi connectivity index (χ4v) is 1.85. The number of amides is 1. The van der Waals surface area contributed by atoms with Crippen molar-refractivity contribution in [3.8, 4) is 0 Å². The number of halogens is 1. The SMILES string of the molecule is O=C1C(=O)N(c2ccc(Cl)cc2)N=C1c1ccco1. The molecule has 94 valence electrons. The predicted octanol–water partition coefficient (Wildman–Crippen LogP) is 2.25. The summed E-state index contributed by atoms with van der Waals surface area (Å²) < 4.78 is 5.09. The molecule has 0 N–H and O–H groups in total. The Hall–Kier alpha value is -2.40. The van der Waals surface area contributed by atoms with E-state index in [-0.39, 0.29) is 11.5 Å². The van der Waals surface area contributed by atoms with Crippen LogP contribution in [0.5, 0.6) is 0 Å². The van der Waals surface area contributed by atoms with Gasteiger partial charge in [-0.1, -0.05) is 11.6 Å². The molecule has 1 aromatic heterocycles. The smallest absolute Gasteiger partial charge is 0.321 e. The molecule has 0 spiro atoms. The lowest BCUT2D eigenvalue weighted by Gasteiger charge is -2.09. The van der Waals surface area contributed by atoms with E-state index in [0.29, 0.717) is 10.7 Å². The lowest BCUT2D eigenvalue weighted by atomic mass is 10.2. The topological polar surface area (TPSA) is 62.9 Å². The third kappa shape index (κ3) is 1.94. The highest BCUT2D eigenvalue weighted by molar-refractivity contribution is 6.72. The number of hydrogen-bond acceptors (Lipinski definition) is 4. The third-order valence-corrected chi connectivity index (χ3v) is 2.88. The van der Waals surface area contributed by atoms with Crippen LogP contribution in [0, 0.1) is 0 Å². The molecule has 1 amide bonds. The maximum Gasteiger partial charge on any atom is 0.321 e. The van der Waals surface area contributed by atoms with Gasteiger partial charge < -0.3 is 4.42 Å². The number of hydrazone groups is 1. The Kier molecular flexibility index (Phi) is 2.68. The molecular formula is C13H7ClN2O3. The first-order valence-corrected chi connectivity index (χ1v) is 5.81. The number of carbonyl (C=O) groups excluding carboxylic acids is 2. The molecule has 0 aliphatic carbocycles. The molecule has 2 heterocycles. The summed E-state index contributed by atoms with van der Waals surface area (Å²) in [6.07, 6.45) is 1.42. The largest absolute Gasteiger partial charge is 0.462 e. The van der Waals surface area contributed by atoms with E-state index >= 15 is 0 Å². The minimum atomic E-state index is -0.714. The molecule has 19 heavy (non-hydrogen) atoms. The molecule has 5 nitrogen and oxygen atoms in total. The first-order valence-electron chi connectivity index (χ1n) is 5.43. The van der Waals surface area contributed by atoms with E-state index < -0.39 is 11.7 Å². The Morgan fingerprint density at radius 2 is 1.84 bits per heavy atom. The van der Waals surface area contributed by atoms with Crippen LogP contribution in [0.4, 0.5) is 5.69 Å². The monoisotopic (exact) mass is 274 g/mol. The summed E-state index contributed by atoms with van der Waals surface area (Å²) in [6, 6.07) is 9.67. The van der Waals surface area contributed by atoms with Gasteiger partial charge in [0, 0.05) is 5.02 Å². The zero-order chi connectivity index (χ0) is 13.4.